The minimum absolute atomic E-state index is 0.156. The van der Waals surface area contributed by atoms with E-state index in [1.165, 1.54) is 12.8 Å². The van der Waals surface area contributed by atoms with E-state index >= 15 is 0 Å². The molecule has 0 saturated heterocycles. The summed E-state index contributed by atoms with van der Waals surface area (Å²) in [6.07, 6.45) is 11.0. The number of fused-ring (bicyclic) bond motifs is 1. The Morgan fingerprint density at radius 3 is 2.78 bits per heavy atom. The van der Waals surface area contributed by atoms with Gasteiger partial charge in [-0.25, -0.2) is 13.8 Å². The SMILES string of the molecule is CCCCCOC(C)CCCC=Cc1ccc(-c2ccc3[nH]c(=O)cnc3c2)c(F)c1F. The number of aromatic amines is 1. The molecule has 1 heterocycles. The van der Waals surface area contributed by atoms with Crippen molar-refractivity contribution in [2.75, 3.05) is 6.61 Å². The number of H-pyrrole nitrogens is 1. The van der Waals surface area contributed by atoms with E-state index in [1.807, 2.05) is 6.08 Å². The summed E-state index contributed by atoms with van der Waals surface area (Å²) in [5.74, 6) is -1.77. The molecule has 6 heteroatoms. The molecule has 1 aromatic heterocycles. The summed E-state index contributed by atoms with van der Waals surface area (Å²) in [5.41, 5.74) is 1.61. The molecule has 0 amide bonds. The first-order valence-corrected chi connectivity index (χ1v) is 11.2. The van der Waals surface area contributed by atoms with Crippen LogP contribution in [-0.4, -0.2) is 22.7 Å². The number of unbranched alkanes of at least 4 members (excludes halogenated alkanes) is 3. The van der Waals surface area contributed by atoms with Crippen LogP contribution in [0, 0.1) is 11.6 Å². The maximum Gasteiger partial charge on any atom is 0.266 e. The van der Waals surface area contributed by atoms with Gasteiger partial charge in [-0.05, 0) is 50.3 Å². The lowest BCUT2D eigenvalue weighted by atomic mass is 10.0. The molecular formula is C26H30F2N2O2. The van der Waals surface area contributed by atoms with Gasteiger partial charge >= 0.3 is 0 Å². The van der Waals surface area contributed by atoms with Crippen LogP contribution in [0.1, 0.15) is 57.9 Å². The highest BCUT2D eigenvalue weighted by atomic mass is 19.2. The van der Waals surface area contributed by atoms with Crippen molar-refractivity contribution in [2.45, 2.75) is 58.5 Å². The predicted octanol–water partition coefficient (Wildman–Crippen LogP) is 6.65. The fraction of sp³-hybridized carbons (Fsp3) is 0.385. The third kappa shape index (κ3) is 6.33. The Labute approximate surface area is 187 Å². The molecule has 0 aliphatic rings. The van der Waals surface area contributed by atoms with Crippen LogP contribution in [0.5, 0.6) is 0 Å². The van der Waals surface area contributed by atoms with Gasteiger partial charge in [-0.2, -0.15) is 0 Å². The Balaban J connectivity index is 1.60. The van der Waals surface area contributed by atoms with Crippen molar-refractivity contribution in [3.05, 3.63) is 70.2 Å². The molecule has 1 N–H and O–H groups in total. The molecule has 0 radical (unpaired) electrons. The van der Waals surface area contributed by atoms with Crippen LogP contribution >= 0.6 is 0 Å². The van der Waals surface area contributed by atoms with Gasteiger partial charge in [-0.1, -0.05) is 50.1 Å². The van der Waals surface area contributed by atoms with Gasteiger partial charge in [0.25, 0.3) is 5.56 Å². The van der Waals surface area contributed by atoms with Gasteiger partial charge in [0.1, 0.15) is 0 Å². The van der Waals surface area contributed by atoms with Crippen molar-refractivity contribution in [1.82, 2.24) is 9.97 Å². The first-order valence-electron chi connectivity index (χ1n) is 11.2. The highest BCUT2D eigenvalue weighted by Gasteiger charge is 2.14. The number of hydrogen-bond acceptors (Lipinski definition) is 3. The number of allylic oxidation sites excluding steroid dienone is 1. The summed E-state index contributed by atoms with van der Waals surface area (Å²) in [7, 11) is 0. The van der Waals surface area contributed by atoms with E-state index in [0.717, 1.165) is 38.5 Å². The number of rotatable bonds is 11. The average Bonchev–Trinajstić information content (AvgIpc) is 2.79. The van der Waals surface area contributed by atoms with E-state index in [-0.39, 0.29) is 22.8 Å². The molecule has 3 aromatic rings. The van der Waals surface area contributed by atoms with E-state index in [4.69, 9.17) is 4.74 Å². The van der Waals surface area contributed by atoms with E-state index < -0.39 is 11.6 Å². The monoisotopic (exact) mass is 440 g/mol. The summed E-state index contributed by atoms with van der Waals surface area (Å²) in [6.45, 7) is 5.04. The molecule has 0 spiro atoms. The van der Waals surface area contributed by atoms with Crippen LogP contribution in [0.25, 0.3) is 28.2 Å². The number of ether oxygens (including phenoxy) is 1. The minimum atomic E-state index is -0.898. The molecule has 1 unspecified atom stereocenters. The van der Waals surface area contributed by atoms with Gasteiger partial charge in [0.15, 0.2) is 11.6 Å². The van der Waals surface area contributed by atoms with Crippen molar-refractivity contribution in [1.29, 1.82) is 0 Å². The molecule has 1 atom stereocenters. The van der Waals surface area contributed by atoms with Crippen molar-refractivity contribution in [2.24, 2.45) is 0 Å². The molecule has 4 nitrogen and oxygen atoms in total. The van der Waals surface area contributed by atoms with Crippen molar-refractivity contribution in [3.8, 4) is 11.1 Å². The Morgan fingerprint density at radius 2 is 1.97 bits per heavy atom. The van der Waals surface area contributed by atoms with Gasteiger partial charge in [-0.3, -0.25) is 4.79 Å². The number of hydrogen-bond donors (Lipinski definition) is 1. The summed E-state index contributed by atoms with van der Waals surface area (Å²) in [4.78, 5) is 18.1. The zero-order chi connectivity index (χ0) is 22.9. The first kappa shape index (κ1) is 23.8. The second-order valence-corrected chi connectivity index (χ2v) is 8.03. The van der Waals surface area contributed by atoms with Crippen molar-refractivity contribution < 1.29 is 13.5 Å². The van der Waals surface area contributed by atoms with Crippen LogP contribution in [-0.2, 0) is 4.74 Å². The molecular weight excluding hydrogens is 410 g/mol. The normalized spacial score (nSPS) is 12.6. The van der Waals surface area contributed by atoms with Crippen LogP contribution in [0.15, 0.2) is 47.4 Å². The van der Waals surface area contributed by atoms with Gasteiger partial charge in [-0.15, -0.1) is 0 Å². The molecule has 3 rings (SSSR count). The second kappa shape index (κ2) is 11.7. The fourth-order valence-electron chi connectivity index (χ4n) is 3.57. The van der Waals surface area contributed by atoms with Crippen LogP contribution < -0.4 is 5.56 Å². The van der Waals surface area contributed by atoms with E-state index in [1.54, 1.807) is 36.4 Å². The third-order valence-electron chi connectivity index (χ3n) is 5.43. The zero-order valence-electron chi connectivity index (χ0n) is 18.7. The Hall–Kier alpha value is -2.86. The molecule has 0 saturated carbocycles. The smallest absolute Gasteiger partial charge is 0.266 e. The highest BCUT2D eigenvalue weighted by molar-refractivity contribution is 5.81. The lowest BCUT2D eigenvalue weighted by molar-refractivity contribution is 0.0566. The number of halogens is 2. The van der Waals surface area contributed by atoms with Gasteiger partial charge in [0.05, 0.1) is 23.3 Å². The lowest BCUT2D eigenvalue weighted by Gasteiger charge is -2.12. The summed E-state index contributed by atoms with van der Waals surface area (Å²) >= 11 is 0. The number of nitrogens with one attached hydrogen (secondary N) is 1. The second-order valence-electron chi connectivity index (χ2n) is 8.03. The molecule has 0 fully saturated rings. The minimum Gasteiger partial charge on any atom is -0.379 e. The highest BCUT2D eigenvalue weighted by Crippen LogP contribution is 2.28. The average molecular weight is 441 g/mol. The van der Waals surface area contributed by atoms with Crippen molar-refractivity contribution >= 4 is 17.1 Å². The number of benzene rings is 2. The van der Waals surface area contributed by atoms with Gasteiger partial charge < -0.3 is 9.72 Å². The zero-order valence-corrected chi connectivity index (χ0v) is 18.7. The van der Waals surface area contributed by atoms with E-state index in [0.29, 0.717) is 16.6 Å². The summed E-state index contributed by atoms with van der Waals surface area (Å²) < 4.78 is 35.2. The molecule has 170 valence electrons. The third-order valence-corrected chi connectivity index (χ3v) is 5.43. The first-order chi connectivity index (χ1) is 15.5. The Kier molecular flexibility index (Phi) is 8.68. The summed E-state index contributed by atoms with van der Waals surface area (Å²) in [5, 5.41) is 0. The topological polar surface area (TPSA) is 55.0 Å². The van der Waals surface area contributed by atoms with E-state index in [9.17, 15) is 13.6 Å². The van der Waals surface area contributed by atoms with E-state index in [2.05, 4.69) is 23.8 Å². The Bertz CT molecular complexity index is 1120. The molecule has 2 aromatic carbocycles. The molecule has 32 heavy (non-hydrogen) atoms. The maximum absolute atomic E-state index is 14.8. The largest absolute Gasteiger partial charge is 0.379 e. The van der Waals surface area contributed by atoms with Gasteiger partial charge in [0, 0.05) is 17.7 Å². The molecule has 0 aliphatic heterocycles. The number of nitrogens with zero attached hydrogens (tertiary/aromatic N) is 1. The van der Waals surface area contributed by atoms with Crippen LogP contribution in [0.3, 0.4) is 0 Å². The van der Waals surface area contributed by atoms with Crippen LogP contribution in [0.4, 0.5) is 8.78 Å². The predicted molar refractivity (Wildman–Crippen MR) is 126 cm³/mol. The maximum atomic E-state index is 14.8. The fourth-order valence-corrected chi connectivity index (χ4v) is 3.57. The standard InChI is InChI=1S/C26H30F2N2O2/c1-3-4-8-15-32-18(2)9-6-5-7-10-19-11-13-21(26(28)25(19)27)20-12-14-22-23(16-20)29-17-24(31)30-22/h7,10-14,16-18H,3-6,8-9,15H2,1-2H3,(H,30,31). The quantitative estimate of drug-likeness (QED) is 0.340. The van der Waals surface area contributed by atoms with Crippen molar-refractivity contribution in [3.63, 3.8) is 0 Å². The van der Waals surface area contributed by atoms with Crippen LogP contribution in [0.2, 0.25) is 0 Å². The number of aromatic nitrogens is 2. The molecule has 0 bridgehead atoms. The lowest BCUT2D eigenvalue weighted by Crippen LogP contribution is -2.08. The summed E-state index contributed by atoms with van der Waals surface area (Å²) in [6, 6.07) is 8.05. The van der Waals surface area contributed by atoms with Gasteiger partial charge in [0.2, 0.25) is 0 Å². The Morgan fingerprint density at radius 1 is 1.12 bits per heavy atom. The molecule has 0 aliphatic carbocycles.